The van der Waals surface area contributed by atoms with Gasteiger partial charge in [-0.25, -0.2) is 0 Å². The van der Waals surface area contributed by atoms with E-state index < -0.39 is 0 Å². The molecular formula is C16H28N4O2. The predicted octanol–water partition coefficient (Wildman–Crippen LogP) is 2.15. The quantitative estimate of drug-likeness (QED) is 0.729. The summed E-state index contributed by atoms with van der Waals surface area (Å²) in [7, 11) is 0. The third kappa shape index (κ3) is 5.09. The fourth-order valence-corrected chi connectivity index (χ4v) is 2.76. The molecule has 1 heterocycles. The predicted molar refractivity (Wildman–Crippen MR) is 84.3 cm³/mol. The number of hydrogen-bond acceptors (Lipinski definition) is 5. The van der Waals surface area contributed by atoms with Crippen molar-refractivity contribution in [2.75, 3.05) is 6.54 Å². The van der Waals surface area contributed by atoms with Crippen molar-refractivity contribution in [2.24, 2.45) is 11.7 Å². The van der Waals surface area contributed by atoms with E-state index in [0.29, 0.717) is 43.5 Å². The summed E-state index contributed by atoms with van der Waals surface area (Å²) in [6.45, 7) is 6.72. The van der Waals surface area contributed by atoms with Gasteiger partial charge in [-0.2, -0.15) is 4.98 Å². The molecule has 1 atom stereocenters. The summed E-state index contributed by atoms with van der Waals surface area (Å²) >= 11 is 0. The zero-order chi connectivity index (χ0) is 16.2. The molecule has 1 aromatic rings. The maximum atomic E-state index is 12.1. The first-order valence-corrected chi connectivity index (χ1v) is 8.25. The minimum absolute atomic E-state index is 0.0375. The van der Waals surface area contributed by atoms with Crippen molar-refractivity contribution in [1.82, 2.24) is 15.5 Å². The Bertz CT molecular complexity index is 496. The van der Waals surface area contributed by atoms with Crippen LogP contribution in [0.4, 0.5) is 0 Å². The van der Waals surface area contributed by atoms with Gasteiger partial charge in [0.15, 0.2) is 5.82 Å². The van der Waals surface area contributed by atoms with Crippen LogP contribution in [-0.2, 0) is 11.2 Å². The first-order chi connectivity index (χ1) is 10.4. The molecule has 1 aliphatic carbocycles. The average Bonchev–Trinajstić information content (AvgIpc) is 3.18. The molecule has 0 radical (unpaired) electrons. The van der Waals surface area contributed by atoms with Crippen molar-refractivity contribution in [2.45, 2.75) is 70.8 Å². The minimum Gasteiger partial charge on any atom is -0.350 e. The lowest BCUT2D eigenvalue weighted by Gasteiger charge is -2.31. The van der Waals surface area contributed by atoms with Crippen LogP contribution in [0.2, 0.25) is 0 Å². The second-order valence-corrected chi connectivity index (χ2v) is 7.09. The van der Waals surface area contributed by atoms with Crippen molar-refractivity contribution >= 4 is 5.91 Å². The summed E-state index contributed by atoms with van der Waals surface area (Å²) in [6, 6.07) is 0. The van der Waals surface area contributed by atoms with E-state index in [1.807, 2.05) is 6.92 Å². The number of nitrogens with one attached hydrogen (secondary N) is 1. The highest BCUT2D eigenvalue weighted by Crippen LogP contribution is 2.38. The number of aromatic nitrogens is 2. The Morgan fingerprint density at radius 2 is 2.23 bits per heavy atom. The third-order valence-corrected chi connectivity index (χ3v) is 3.97. The van der Waals surface area contributed by atoms with Crippen LogP contribution in [0.1, 0.15) is 70.5 Å². The van der Waals surface area contributed by atoms with E-state index >= 15 is 0 Å². The van der Waals surface area contributed by atoms with Gasteiger partial charge in [-0.1, -0.05) is 19.0 Å². The largest absolute Gasteiger partial charge is 0.350 e. The lowest BCUT2D eigenvalue weighted by Crippen LogP contribution is -2.52. The summed E-state index contributed by atoms with van der Waals surface area (Å²) in [6.07, 6.45) is 5.01. The molecule has 1 unspecified atom stereocenters. The summed E-state index contributed by atoms with van der Waals surface area (Å²) < 4.78 is 5.21. The summed E-state index contributed by atoms with van der Waals surface area (Å²) in [5.41, 5.74) is 5.49. The van der Waals surface area contributed by atoms with E-state index in [9.17, 15) is 4.79 Å². The lowest BCUT2D eigenvalue weighted by atomic mass is 9.90. The Labute approximate surface area is 132 Å². The van der Waals surface area contributed by atoms with Crippen LogP contribution in [-0.4, -0.2) is 28.1 Å². The molecule has 6 heteroatoms. The number of nitrogens with zero attached hydrogens (tertiary/aromatic N) is 2. The van der Waals surface area contributed by atoms with E-state index in [1.165, 1.54) is 0 Å². The van der Waals surface area contributed by atoms with Gasteiger partial charge in [-0.05, 0) is 38.5 Å². The molecule has 0 aliphatic heterocycles. The average molecular weight is 308 g/mol. The molecule has 2 rings (SSSR count). The van der Waals surface area contributed by atoms with Crippen molar-refractivity contribution in [3.05, 3.63) is 11.7 Å². The Balaban J connectivity index is 1.72. The number of carbonyl (C=O) groups excluding carboxylic acids is 1. The molecule has 6 nitrogen and oxygen atoms in total. The molecule has 0 saturated heterocycles. The van der Waals surface area contributed by atoms with Gasteiger partial charge in [0.05, 0.1) is 0 Å². The highest BCUT2D eigenvalue weighted by Gasteiger charge is 2.29. The number of aryl methyl sites for hydroxylation is 1. The van der Waals surface area contributed by atoms with Gasteiger partial charge in [0, 0.05) is 30.8 Å². The van der Waals surface area contributed by atoms with E-state index in [1.54, 1.807) is 0 Å². The van der Waals surface area contributed by atoms with E-state index in [0.717, 1.165) is 25.1 Å². The lowest BCUT2D eigenvalue weighted by molar-refractivity contribution is -0.123. The van der Waals surface area contributed by atoms with Gasteiger partial charge >= 0.3 is 0 Å². The fourth-order valence-electron chi connectivity index (χ4n) is 2.76. The topological polar surface area (TPSA) is 94.0 Å². The molecule has 1 aliphatic rings. The zero-order valence-corrected chi connectivity index (χ0v) is 13.9. The summed E-state index contributed by atoms with van der Waals surface area (Å²) in [4.78, 5) is 16.4. The molecule has 124 valence electrons. The van der Waals surface area contributed by atoms with Crippen LogP contribution in [0, 0.1) is 5.92 Å². The van der Waals surface area contributed by atoms with Crippen LogP contribution in [0.3, 0.4) is 0 Å². The summed E-state index contributed by atoms with van der Waals surface area (Å²) in [5.74, 6) is 2.50. The number of hydrogen-bond donors (Lipinski definition) is 2. The second-order valence-electron chi connectivity index (χ2n) is 7.09. The molecule has 1 fully saturated rings. The van der Waals surface area contributed by atoms with Gasteiger partial charge in [-0.3, -0.25) is 4.79 Å². The zero-order valence-electron chi connectivity index (χ0n) is 13.9. The van der Waals surface area contributed by atoms with Crippen molar-refractivity contribution < 1.29 is 9.32 Å². The SMILES string of the molecule is CC(C)CC(C)(CN)NC(=O)CCCc1nc(C2CC2)no1. The number of carbonyl (C=O) groups is 1. The molecule has 0 spiro atoms. The smallest absolute Gasteiger partial charge is 0.226 e. The van der Waals surface area contributed by atoms with E-state index in [4.69, 9.17) is 10.3 Å². The van der Waals surface area contributed by atoms with Gasteiger partial charge in [-0.15, -0.1) is 0 Å². The monoisotopic (exact) mass is 308 g/mol. The Morgan fingerprint density at radius 3 is 2.82 bits per heavy atom. The Morgan fingerprint density at radius 1 is 1.50 bits per heavy atom. The van der Waals surface area contributed by atoms with Crippen LogP contribution >= 0.6 is 0 Å². The summed E-state index contributed by atoms with van der Waals surface area (Å²) in [5, 5.41) is 7.04. The van der Waals surface area contributed by atoms with Gasteiger partial charge < -0.3 is 15.6 Å². The highest BCUT2D eigenvalue weighted by atomic mass is 16.5. The van der Waals surface area contributed by atoms with Crippen LogP contribution in [0.15, 0.2) is 4.52 Å². The molecule has 1 aromatic heterocycles. The second kappa shape index (κ2) is 7.22. The first-order valence-electron chi connectivity index (χ1n) is 8.25. The molecule has 0 aromatic carbocycles. The van der Waals surface area contributed by atoms with E-state index in [2.05, 4.69) is 29.3 Å². The number of rotatable bonds is 9. The van der Waals surface area contributed by atoms with Crippen LogP contribution < -0.4 is 11.1 Å². The molecule has 3 N–H and O–H groups in total. The number of amides is 1. The van der Waals surface area contributed by atoms with Crippen LogP contribution in [0.25, 0.3) is 0 Å². The Kier molecular flexibility index (Phi) is 5.56. The molecule has 0 bridgehead atoms. The maximum absolute atomic E-state index is 12.1. The van der Waals surface area contributed by atoms with Gasteiger partial charge in [0.1, 0.15) is 0 Å². The van der Waals surface area contributed by atoms with E-state index in [-0.39, 0.29) is 11.4 Å². The van der Waals surface area contributed by atoms with Gasteiger partial charge in [0.25, 0.3) is 0 Å². The van der Waals surface area contributed by atoms with Crippen molar-refractivity contribution in [3.8, 4) is 0 Å². The Hall–Kier alpha value is -1.43. The standard InChI is InChI=1S/C16H28N4O2/c1-11(2)9-16(3,10-17)19-13(21)5-4-6-14-18-15(20-22-14)12-7-8-12/h11-12H,4-10,17H2,1-3H3,(H,19,21). The van der Waals surface area contributed by atoms with Gasteiger partial charge in [0.2, 0.25) is 11.8 Å². The fraction of sp³-hybridized carbons (Fsp3) is 0.812. The minimum atomic E-state index is -0.325. The third-order valence-electron chi connectivity index (χ3n) is 3.97. The number of nitrogens with two attached hydrogens (primary N) is 1. The molecular weight excluding hydrogens is 280 g/mol. The van der Waals surface area contributed by atoms with Crippen LogP contribution in [0.5, 0.6) is 0 Å². The highest BCUT2D eigenvalue weighted by molar-refractivity contribution is 5.76. The molecule has 22 heavy (non-hydrogen) atoms. The maximum Gasteiger partial charge on any atom is 0.226 e. The van der Waals surface area contributed by atoms with Crippen molar-refractivity contribution in [3.63, 3.8) is 0 Å². The van der Waals surface area contributed by atoms with Crippen molar-refractivity contribution in [1.29, 1.82) is 0 Å². The first kappa shape index (κ1) is 16.9. The molecule has 1 saturated carbocycles. The normalized spacial score (nSPS) is 17.5. The molecule has 1 amide bonds.